The molecule has 0 unspecified atom stereocenters. The Kier molecular flexibility index (Phi) is 5.62. The summed E-state index contributed by atoms with van der Waals surface area (Å²) in [5, 5.41) is 10.9. The van der Waals surface area contributed by atoms with Gasteiger partial charge in [-0.3, -0.25) is 10.1 Å². The van der Waals surface area contributed by atoms with Gasteiger partial charge in [-0.15, -0.1) is 4.40 Å². The zero-order valence-electron chi connectivity index (χ0n) is 14.5. The maximum absolute atomic E-state index is 12.5. The second-order valence-corrected chi connectivity index (χ2v) is 8.24. The summed E-state index contributed by atoms with van der Waals surface area (Å²) in [6, 6.07) is 4.63. The summed E-state index contributed by atoms with van der Waals surface area (Å²) in [7, 11) is -1.45. The smallest absolute Gasteiger partial charge is 0.355 e. The van der Waals surface area contributed by atoms with Crippen molar-refractivity contribution in [1.82, 2.24) is 4.57 Å². The maximum Gasteiger partial charge on any atom is 0.355 e. The minimum absolute atomic E-state index is 0.0511. The number of sulfonamides is 1. The normalized spacial score (nSPS) is 12.4. The molecule has 0 atom stereocenters. The highest BCUT2D eigenvalue weighted by molar-refractivity contribution is 7.90. The molecule has 0 fully saturated rings. The van der Waals surface area contributed by atoms with E-state index in [1.54, 1.807) is 0 Å². The Balaban J connectivity index is 2.67. The van der Waals surface area contributed by atoms with Crippen LogP contribution in [-0.4, -0.2) is 31.0 Å². The highest BCUT2D eigenvalue weighted by atomic mass is 32.2. The topological polar surface area (TPSA) is 121 Å². The maximum atomic E-state index is 12.5. The van der Waals surface area contributed by atoms with Gasteiger partial charge in [-0.25, -0.2) is 4.79 Å². The SMILES string of the molecule is COC(=O)c1c(C(C)C)s/c(=N\S(=O)(=O)c2cccc([N+](=O)[O-])c2)n1C. The number of carbonyl (C=O) groups excluding carboxylic acids is 1. The molecule has 0 bridgehead atoms. The van der Waals surface area contributed by atoms with Crippen LogP contribution in [0.5, 0.6) is 0 Å². The van der Waals surface area contributed by atoms with Crippen molar-refractivity contribution in [2.75, 3.05) is 7.11 Å². The molecular formula is C15H17N3O6S2. The van der Waals surface area contributed by atoms with Crippen LogP contribution in [0.15, 0.2) is 33.6 Å². The lowest BCUT2D eigenvalue weighted by Crippen LogP contribution is -2.19. The molecule has 26 heavy (non-hydrogen) atoms. The molecular weight excluding hydrogens is 382 g/mol. The van der Waals surface area contributed by atoms with E-state index in [0.717, 1.165) is 17.4 Å². The number of carbonyl (C=O) groups is 1. The Morgan fingerprint density at radius 3 is 2.58 bits per heavy atom. The summed E-state index contributed by atoms with van der Waals surface area (Å²) in [4.78, 5) is 22.6. The lowest BCUT2D eigenvalue weighted by Gasteiger charge is -2.06. The van der Waals surface area contributed by atoms with Gasteiger partial charge in [-0.05, 0) is 12.0 Å². The van der Waals surface area contributed by atoms with Gasteiger partial charge in [-0.1, -0.05) is 31.3 Å². The number of esters is 1. The monoisotopic (exact) mass is 399 g/mol. The second kappa shape index (κ2) is 7.38. The van der Waals surface area contributed by atoms with Gasteiger partial charge in [0.05, 0.1) is 16.9 Å². The molecule has 0 spiro atoms. The van der Waals surface area contributed by atoms with Crippen molar-refractivity contribution in [3.8, 4) is 0 Å². The predicted molar refractivity (Wildman–Crippen MR) is 94.6 cm³/mol. The second-order valence-electron chi connectivity index (χ2n) is 5.62. The van der Waals surface area contributed by atoms with Gasteiger partial charge < -0.3 is 9.30 Å². The predicted octanol–water partition coefficient (Wildman–Crippen LogP) is 2.19. The Hall–Kier alpha value is -2.53. The lowest BCUT2D eigenvalue weighted by molar-refractivity contribution is -0.385. The van der Waals surface area contributed by atoms with Crippen LogP contribution in [0.4, 0.5) is 5.69 Å². The number of aromatic nitrogens is 1. The van der Waals surface area contributed by atoms with E-state index in [9.17, 15) is 23.3 Å². The van der Waals surface area contributed by atoms with E-state index in [0.29, 0.717) is 4.88 Å². The molecule has 9 nitrogen and oxygen atoms in total. The third-order valence-electron chi connectivity index (χ3n) is 3.48. The van der Waals surface area contributed by atoms with Gasteiger partial charge in [-0.2, -0.15) is 8.42 Å². The largest absolute Gasteiger partial charge is 0.464 e. The fourth-order valence-corrected chi connectivity index (χ4v) is 4.57. The first-order valence-corrected chi connectivity index (χ1v) is 9.67. The zero-order valence-corrected chi connectivity index (χ0v) is 16.1. The fraction of sp³-hybridized carbons (Fsp3) is 0.333. The minimum Gasteiger partial charge on any atom is -0.464 e. The standard InChI is InChI=1S/C15H17N3O6S2/c1-9(2)13-12(14(19)24-4)17(3)15(25-13)16-26(22,23)11-7-5-6-10(8-11)18(20)21/h5-9H,1-4H3/b16-15-. The molecule has 11 heteroatoms. The number of hydrogen-bond donors (Lipinski definition) is 0. The van der Waals surface area contributed by atoms with E-state index in [2.05, 4.69) is 4.40 Å². The molecule has 1 heterocycles. The summed E-state index contributed by atoms with van der Waals surface area (Å²) < 4.78 is 35.0. The Bertz CT molecular complexity index is 1030. The molecule has 0 radical (unpaired) electrons. The van der Waals surface area contributed by atoms with E-state index in [1.807, 2.05) is 13.8 Å². The summed E-state index contributed by atoms with van der Waals surface area (Å²) in [5.74, 6) is -0.647. The average Bonchev–Trinajstić information content (AvgIpc) is 2.90. The molecule has 0 amide bonds. The van der Waals surface area contributed by atoms with Crippen molar-refractivity contribution in [2.45, 2.75) is 24.7 Å². The van der Waals surface area contributed by atoms with Crippen molar-refractivity contribution >= 4 is 33.0 Å². The van der Waals surface area contributed by atoms with Crippen LogP contribution in [-0.2, 0) is 21.8 Å². The molecule has 2 aromatic rings. The molecule has 1 aromatic carbocycles. The van der Waals surface area contributed by atoms with Gasteiger partial charge in [0.15, 0.2) is 0 Å². The number of nitrogens with zero attached hydrogens (tertiary/aromatic N) is 3. The van der Waals surface area contributed by atoms with Gasteiger partial charge >= 0.3 is 5.97 Å². The molecule has 0 aliphatic rings. The number of methoxy groups -OCH3 is 1. The number of nitro benzene ring substituents is 1. The first-order chi connectivity index (χ1) is 12.1. The van der Waals surface area contributed by atoms with Crippen LogP contribution in [0.1, 0.15) is 35.1 Å². The fourth-order valence-electron chi connectivity index (χ4n) is 2.19. The van der Waals surface area contributed by atoms with E-state index in [1.165, 1.54) is 36.9 Å². The van der Waals surface area contributed by atoms with Crippen LogP contribution < -0.4 is 4.80 Å². The number of benzene rings is 1. The summed E-state index contributed by atoms with van der Waals surface area (Å²) in [6.07, 6.45) is 0. The third kappa shape index (κ3) is 3.83. The van der Waals surface area contributed by atoms with E-state index in [4.69, 9.17) is 4.74 Å². The Morgan fingerprint density at radius 1 is 1.38 bits per heavy atom. The molecule has 0 N–H and O–H groups in total. The van der Waals surface area contributed by atoms with Crippen molar-refractivity contribution in [3.63, 3.8) is 0 Å². The molecule has 2 rings (SSSR count). The van der Waals surface area contributed by atoms with Gasteiger partial charge in [0.2, 0.25) is 4.80 Å². The molecule has 140 valence electrons. The molecule has 0 aliphatic heterocycles. The molecule has 1 aromatic heterocycles. The van der Waals surface area contributed by atoms with Gasteiger partial charge in [0, 0.05) is 24.1 Å². The van der Waals surface area contributed by atoms with Crippen molar-refractivity contribution in [1.29, 1.82) is 0 Å². The molecule has 0 saturated heterocycles. The quantitative estimate of drug-likeness (QED) is 0.432. The third-order valence-corrected chi connectivity index (χ3v) is 6.30. The van der Waals surface area contributed by atoms with Crippen LogP contribution in [0.2, 0.25) is 0 Å². The Morgan fingerprint density at radius 2 is 2.04 bits per heavy atom. The highest BCUT2D eigenvalue weighted by Gasteiger charge is 2.23. The zero-order chi connectivity index (χ0) is 19.6. The lowest BCUT2D eigenvalue weighted by atomic mass is 10.1. The number of rotatable bonds is 5. The summed E-state index contributed by atoms with van der Waals surface area (Å²) in [5.41, 5.74) is -0.129. The highest BCUT2D eigenvalue weighted by Crippen LogP contribution is 2.24. The minimum atomic E-state index is -4.20. The van der Waals surface area contributed by atoms with Crippen LogP contribution >= 0.6 is 11.3 Å². The first-order valence-electron chi connectivity index (χ1n) is 7.42. The van der Waals surface area contributed by atoms with E-state index < -0.39 is 20.9 Å². The number of thiazole rings is 1. The van der Waals surface area contributed by atoms with Gasteiger partial charge in [0.25, 0.3) is 15.7 Å². The first kappa shape index (κ1) is 19.8. The Labute approximate surface area is 153 Å². The molecule has 0 aliphatic carbocycles. The number of hydrogen-bond acceptors (Lipinski definition) is 7. The summed E-state index contributed by atoms with van der Waals surface area (Å²) in [6.45, 7) is 3.72. The number of non-ortho nitro benzene ring substituents is 1. The van der Waals surface area contributed by atoms with E-state index >= 15 is 0 Å². The van der Waals surface area contributed by atoms with Crippen molar-refractivity contribution in [2.24, 2.45) is 11.4 Å². The van der Waals surface area contributed by atoms with Crippen molar-refractivity contribution in [3.05, 3.63) is 49.8 Å². The van der Waals surface area contributed by atoms with Crippen LogP contribution in [0.25, 0.3) is 0 Å². The number of ether oxygens (including phenoxy) is 1. The van der Waals surface area contributed by atoms with E-state index in [-0.39, 0.29) is 27.0 Å². The number of nitro groups is 1. The van der Waals surface area contributed by atoms with Gasteiger partial charge in [0.1, 0.15) is 5.69 Å². The van der Waals surface area contributed by atoms with Crippen molar-refractivity contribution < 1.29 is 22.9 Å². The average molecular weight is 399 g/mol. The summed E-state index contributed by atoms with van der Waals surface area (Å²) >= 11 is 1.05. The van der Waals surface area contributed by atoms with Crippen LogP contribution in [0, 0.1) is 10.1 Å². The van der Waals surface area contributed by atoms with Crippen LogP contribution in [0.3, 0.4) is 0 Å². The molecule has 0 saturated carbocycles.